The Labute approximate surface area is 152 Å². The van der Waals surface area contributed by atoms with Crippen LogP contribution in [0.4, 0.5) is 0 Å². The number of amides is 1. The van der Waals surface area contributed by atoms with Gasteiger partial charge in [-0.1, -0.05) is 39.0 Å². The summed E-state index contributed by atoms with van der Waals surface area (Å²) in [6.45, 7) is 14.7. The molecule has 1 heterocycles. The lowest BCUT2D eigenvalue weighted by Gasteiger charge is -2.37. The summed E-state index contributed by atoms with van der Waals surface area (Å²) in [7, 11) is 0. The second-order valence-corrected chi connectivity index (χ2v) is 8.42. The summed E-state index contributed by atoms with van der Waals surface area (Å²) >= 11 is 0. The van der Waals surface area contributed by atoms with Crippen LogP contribution in [-0.4, -0.2) is 42.6 Å². The molecule has 1 atom stereocenters. The molecule has 1 fully saturated rings. The highest BCUT2D eigenvalue weighted by Crippen LogP contribution is 2.23. The number of benzene rings is 1. The van der Waals surface area contributed by atoms with Crippen LogP contribution < -0.4 is 10.1 Å². The monoisotopic (exact) mass is 346 g/mol. The summed E-state index contributed by atoms with van der Waals surface area (Å²) in [5.74, 6) is 1.26. The molecule has 2 rings (SSSR count). The molecule has 1 amide bonds. The zero-order valence-corrected chi connectivity index (χ0v) is 16.7. The van der Waals surface area contributed by atoms with Crippen LogP contribution in [0.5, 0.6) is 5.75 Å². The molecule has 1 aliphatic heterocycles. The Morgan fingerprint density at radius 3 is 2.32 bits per heavy atom. The van der Waals surface area contributed by atoms with E-state index in [1.54, 1.807) is 0 Å². The lowest BCUT2D eigenvalue weighted by molar-refractivity contribution is -0.140. The first kappa shape index (κ1) is 19.8. The Hall–Kier alpha value is -1.55. The van der Waals surface area contributed by atoms with E-state index >= 15 is 0 Å². The van der Waals surface area contributed by atoms with E-state index in [-0.39, 0.29) is 17.4 Å². The van der Waals surface area contributed by atoms with Crippen LogP contribution in [0.2, 0.25) is 0 Å². The average Bonchev–Trinajstić information content (AvgIpc) is 2.53. The number of hydrogen-bond acceptors (Lipinski definition) is 3. The van der Waals surface area contributed by atoms with Crippen molar-refractivity contribution in [3.8, 4) is 5.75 Å². The fourth-order valence-corrected chi connectivity index (χ4v) is 3.41. The first-order valence-corrected chi connectivity index (χ1v) is 9.43. The van der Waals surface area contributed by atoms with Crippen LogP contribution >= 0.6 is 0 Å². The van der Waals surface area contributed by atoms with Gasteiger partial charge in [-0.25, -0.2) is 0 Å². The minimum Gasteiger partial charge on any atom is -0.491 e. The van der Waals surface area contributed by atoms with E-state index in [0.29, 0.717) is 12.6 Å². The summed E-state index contributed by atoms with van der Waals surface area (Å²) in [4.78, 5) is 14.4. The van der Waals surface area contributed by atoms with Crippen LogP contribution in [-0.2, 0) is 4.79 Å². The van der Waals surface area contributed by atoms with Gasteiger partial charge in [0.05, 0.1) is 0 Å². The topological polar surface area (TPSA) is 41.6 Å². The molecule has 1 N–H and O–H groups in total. The van der Waals surface area contributed by atoms with Crippen molar-refractivity contribution in [1.29, 1.82) is 0 Å². The molecule has 1 unspecified atom stereocenters. The number of carbonyl (C=O) groups excluding carboxylic acids is 1. The predicted molar refractivity (Wildman–Crippen MR) is 103 cm³/mol. The van der Waals surface area contributed by atoms with Crippen molar-refractivity contribution in [3.05, 3.63) is 29.3 Å². The Balaban J connectivity index is 1.77. The second-order valence-electron chi connectivity index (χ2n) is 8.42. The molecule has 4 nitrogen and oxygen atoms in total. The Morgan fingerprint density at radius 1 is 1.24 bits per heavy atom. The van der Waals surface area contributed by atoms with Crippen molar-refractivity contribution in [2.45, 2.75) is 66.5 Å². The van der Waals surface area contributed by atoms with Gasteiger partial charge in [0.15, 0.2) is 0 Å². The van der Waals surface area contributed by atoms with Gasteiger partial charge < -0.3 is 15.0 Å². The van der Waals surface area contributed by atoms with Gasteiger partial charge in [0.25, 0.3) is 0 Å². The second kappa shape index (κ2) is 8.22. The molecule has 25 heavy (non-hydrogen) atoms. The normalized spacial score (nSPS) is 17.4. The molecule has 0 bridgehead atoms. The predicted octanol–water partition coefficient (Wildman–Crippen LogP) is 3.70. The molecular formula is C21H34N2O2. The lowest BCUT2D eigenvalue weighted by atomic mass is 9.93. The number of para-hydroxylation sites is 1. The molecule has 1 aliphatic rings. The van der Waals surface area contributed by atoms with E-state index < -0.39 is 0 Å². The van der Waals surface area contributed by atoms with Crippen LogP contribution in [0.1, 0.15) is 51.7 Å². The number of carbonyl (C=O) groups is 1. The number of ether oxygens (including phenoxy) is 1. The molecule has 1 saturated heterocycles. The molecule has 4 heteroatoms. The summed E-state index contributed by atoms with van der Waals surface area (Å²) < 4.78 is 6.05. The Morgan fingerprint density at radius 2 is 1.80 bits per heavy atom. The standard InChI is InChI=1S/C21H34N2O2/c1-15-8-7-9-16(2)19(15)25-14-17(3)22-18-10-12-23(13-11-18)20(24)21(4,5)6/h7-9,17-18,22H,10-14H2,1-6H3. The van der Waals surface area contributed by atoms with Crippen molar-refractivity contribution < 1.29 is 9.53 Å². The molecule has 0 spiro atoms. The third-order valence-electron chi connectivity index (χ3n) is 4.83. The maximum atomic E-state index is 12.4. The van der Waals surface area contributed by atoms with Gasteiger partial charge in [-0.15, -0.1) is 0 Å². The van der Waals surface area contributed by atoms with Crippen molar-refractivity contribution >= 4 is 5.91 Å². The SMILES string of the molecule is Cc1cccc(C)c1OCC(C)NC1CCN(C(=O)C(C)(C)C)CC1. The van der Waals surface area contributed by atoms with E-state index in [4.69, 9.17) is 4.74 Å². The number of nitrogens with one attached hydrogen (secondary N) is 1. The first-order chi connectivity index (χ1) is 11.7. The van der Waals surface area contributed by atoms with Crippen LogP contribution in [0, 0.1) is 19.3 Å². The maximum absolute atomic E-state index is 12.4. The first-order valence-electron chi connectivity index (χ1n) is 9.43. The molecule has 0 saturated carbocycles. The molecule has 140 valence electrons. The molecule has 0 aliphatic carbocycles. The minimum atomic E-state index is -0.285. The smallest absolute Gasteiger partial charge is 0.227 e. The highest BCUT2D eigenvalue weighted by molar-refractivity contribution is 5.81. The lowest BCUT2D eigenvalue weighted by Crippen LogP contribution is -2.50. The minimum absolute atomic E-state index is 0.261. The van der Waals surface area contributed by atoms with Gasteiger partial charge in [0, 0.05) is 30.6 Å². The number of nitrogens with zero attached hydrogens (tertiary/aromatic N) is 1. The highest BCUT2D eigenvalue weighted by Gasteiger charge is 2.30. The summed E-state index contributed by atoms with van der Waals surface area (Å²) in [5.41, 5.74) is 2.08. The van der Waals surface area contributed by atoms with Gasteiger partial charge >= 0.3 is 0 Å². The fraction of sp³-hybridized carbons (Fsp3) is 0.667. The highest BCUT2D eigenvalue weighted by atomic mass is 16.5. The average molecular weight is 347 g/mol. The number of hydrogen-bond donors (Lipinski definition) is 1. The van der Waals surface area contributed by atoms with E-state index in [1.807, 2.05) is 25.7 Å². The number of likely N-dealkylation sites (tertiary alicyclic amines) is 1. The van der Waals surface area contributed by atoms with Crippen molar-refractivity contribution in [1.82, 2.24) is 10.2 Å². The van der Waals surface area contributed by atoms with Gasteiger partial charge in [0.2, 0.25) is 5.91 Å². The maximum Gasteiger partial charge on any atom is 0.227 e. The molecule has 0 radical (unpaired) electrons. The van der Waals surface area contributed by atoms with Gasteiger partial charge in [0.1, 0.15) is 12.4 Å². The summed E-state index contributed by atoms with van der Waals surface area (Å²) in [6, 6.07) is 6.98. The largest absolute Gasteiger partial charge is 0.491 e. The van der Waals surface area contributed by atoms with E-state index in [1.165, 1.54) is 11.1 Å². The van der Waals surface area contributed by atoms with E-state index in [9.17, 15) is 4.79 Å². The number of piperidine rings is 1. The molecule has 1 aromatic carbocycles. The Bertz CT molecular complexity index is 564. The van der Waals surface area contributed by atoms with E-state index in [2.05, 4.69) is 44.3 Å². The zero-order valence-electron chi connectivity index (χ0n) is 16.7. The third kappa shape index (κ3) is 5.46. The third-order valence-corrected chi connectivity index (χ3v) is 4.83. The van der Waals surface area contributed by atoms with Crippen molar-refractivity contribution in [2.75, 3.05) is 19.7 Å². The summed E-state index contributed by atoms with van der Waals surface area (Å²) in [5, 5.41) is 3.66. The summed E-state index contributed by atoms with van der Waals surface area (Å²) in [6.07, 6.45) is 2.02. The van der Waals surface area contributed by atoms with Gasteiger partial charge in [-0.05, 0) is 44.7 Å². The fourth-order valence-electron chi connectivity index (χ4n) is 3.41. The molecular weight excluding hydrogens is 312 g/mol. The molecule has 0 aromatic heterocycles. The zero-order chi connectivity index (χ0) is 18.6. The number of aryl methyl sites for hydroxylation is 2. The van der Waals surface area contributed by atoms with E-state index in [0.717, 1.165) is 31.7 Å². The Kier molecular flexibility index (Phi) is 6.50. The molecule has 1 aromatic rings. The van der Waals surface area contributed by atoms with Gasteiger partial charge in [-0.2, -0.15) is 0 Å². The van der Waals surface area contributed by atoms with Gasteiger partial charge in [-0.3, -0.25) is 4.79 Å². The quantitative estimate of drug-likeness (QED) is 0.884. The van der Waals surface area contributed by atoms with Crippen LogP contribution in [0.15, 0.2) is 18.2 Å². The van der Waals surface area contributed by atoms with Crippen molar-refractivity contribution in [2.24, 2.45) is 5.41 Å². The van der Waals surface area contributed by atoms with Crippen molar-refractivity contribution in [3.63, 3.8) is 0 Å². The van der Waals surface area contributed by atoms with Crippen LogP contribution in [0.25, 0.3) is 0 Å². The van der Waals surface area contributed by atoms with Crippen LogP contribution in [0.3, 0.4) is 0 Å². The number of rotatable bonds is 5.